The zero-order valence-corrected chi connectivity index (χ0v) is 17.5. The number of nitrogens with zero attached hydrogens (tertiary/aromatic N) is 1. The first-order valence-electron chi connectivity index (χ1n) is 10.4. The van der Waals surface area contributed by atoms with E-state index in [1.165, 1.54) is 18.2 Å². The topological polar surface area (TPSA) is 82.0 Å². The lowest BCUT2D eigenvalue weighted by Gasteiger charge is -2.21. The Bertz CT molecular complexity index is 1080. The van der Waals surface area contributed by atoms with Crippen molar-refractivity contribution in [1.29, 1.82) is 5.26 Å². The first-order valence-corrected chi connectivity index (χ1v) is 10.4. The van der Waals surface area contributed by atoms with E-state index in [1.807, 2.05) is 60.7 Å². The fourth-order valence-electron chi connectivity index (χ4n) is 3.34. The van der Waals surface area contributed by atoms with E-state index in [2.05, 4.69) is 16.7 Å². The maximum Gasteiger partial charge on any atom is 0.254 e. The molecule has 162 valence electrons. The maximum absolute atomic E-state index is 14.0. The normalized spacial score (nSPS) is 12.2. The summed E-state index contributed by atoms with van der Waals surface area (Å²) in [5.74, 6) is -1.84. The molecule has 0 spiro atoms. The third kappa shape index (κ3) is 6.51. The number of nitriles is 1. The summed E-state index contributed by atoms with van der Waals surface area (Å²) in [6.07, 6.45) is 1.28. The van der Waals surface area contributed by atoms with Gasteiger partial charge in [-0.3, -0.25) is 9.59 Å². The molecule has 0 aromatic heterocycles. The van der Waals surface area contributed by atoms with Crippen molar-refractivity contribution in [3.05, 3.63) is 107 Å². The molecule has 0 aliphatic heterocycles. The van der Waals surface area contributed by atoms with Crippen LogP contribution in [0.2, 0.25) is 0 Å². The van der Waals surface area contributed by atoms with Crippen LogP contribution in [-0.2, 0) is 17.6 Å². The highest BCUT2D eigenvalue weighted by molar-refractivity contribution is 5.97. The summed E-state index contributed by atoms with van der Waals surface area (Å²) < 4.78 is 14.0. The van der Waals surface area contributed by atoms with Gasteiger partial charge in [-0.1, -0.05) is 72.8 Å². The van der Waals surface area contributed by atoms with Gasteiger partial charge in [0.25, 0.3) is 5.91 Å². The number of aryl methyl sites for hydroxylation is 1. The van der Waals surface area contributed by atoms with E-state index in [0.29, 0.717) is 12.8 Å². The molecule has 3 aromatic rings. The van der Waals surface area contributed by atoms with Crippen molar-refractivity contribution in [2.45, 2.75) is 31.3 Å². The summed E-state index contributed by atoms with van der Waals surface area (Å²) in [5.41, 5.74) is 1.76. The molecule has 0 saturated carbocycles. The SMILES string of the molecule is N#C[C@H](CCc1ccccc1)NC(=O)[C@H](Cc1ccccc1)NC(=O)c1ccccc1F. The van der Waals surface area contributed by atoms with Crippen molar-refractivity contribution in [3.8, 4) is 6.07 Å². The summed E-state index contributed by atoms with van der Waals surface area (Å²) >= 11 is 0. The minimum atomic E-state index is -0.961. The molecule has 0 unspecified atom stereocenters. The number of amides is 2. The van der Waals surface area contributed by atoms with Gasteiger partial charge in [0, 0.05) is 6.42 Å². The molecule has 6 heteroatoms. The average Bonchev–Trinajstić information content (AvgIpc) is 2.82. The van der Waals surface area contributed by atoms with Gasteiger partial charge in [0.05, 0.1) is 11.6 Å². The Hall–Kier alpha value is -3.98. The lowest BCUT2D eigenvalue weighted by molar-refractivity contribution is -0.123. The van der Waals surface area contributed by atoms with Crippen LogP contribution in [0.25, 0.3) is 0 Å². The highest BCUT2D eigenvalue weighted by atomic mass is 19.1. The van der Waals surface area contributed by atoms with Gasteiger partial charge in [-0.15, -0.1) is 0 Å². The van der Waals surface area contributed by atoms with Gasteiger partial charge in [-0.05, 0) is 36.1 Å². The zero-order chi connectivity index (χ0) is 22.8. The van der Waals surface area contributed by atoms with Crippen LogP contribution in [0.5, 0.6) is 0 Å². The van der Waals surface area contributed by atoms with Gasteiger partial charge in [-0.2, -0.15) is 5.26 Å². The molecule has 2 N–H and O–H groups in total. The predicted octanol–water partition coefficient (Wildman–Crippen LogP) is 3.81. The maximum atomic E-state index is 14.0. The smallest absolute Gasteiger partial charge is 0.254 e. The van der Waals surface area contributed by atoms with E-state index in [4.69, 9.17) is 0 Å². The molecule has 3 aromatic carbocycles. The van der Waals surface area contributed by atoms with Crippen molar-refractivity contribution < 1.29 is 14.0 Å². The first kappa shape index (κ1) is 22.7. The zero-order valence-electron chi connectivity index (χ0n) is 17.5. The van der Waals surface area contributed by atoms with Crippen LogP contribution in [0.15, 0.2) is 84.9 Å². The molecule has 2 atom stereocenters. The lowest BCUT2D eigenvalue weighted by atomic mass is 10.0. The fourth-order valence-corrected chi connectivity index (χ4v) is 3.34. The Morgan fingerprint density at radius 1 is 0.844 bits per heavy atom. The number of rotatable bonds is 9. The molecule has 2 amide bonds. The van der Waals surface area contributed by atoms with Crippen molar-refractivity contribution in [1.82, 2.24) is 10.6 Å². The van der Waals surface area contributed by atoms with Crippen LogP contribution < -0.4 is 10.6 Å². The Kier molecular flexibility index (Phi) is 8.10. The minimum absolute atomic E-state index is 0.140. The Morgan fingerprint density at radius 2 is 1.44 bits per heavy atom. The Balaban J connectivity index is 1.71. The summed E-state index contributed by atoms with van der Waals surface area (Å²) in [7, 11) is 0. The molecule has 0 radical (unpaired) electrons. The van der Waals surface area contributed by atoms with Gasteiger partial charge in [-0.25, -0.2) is 4.39 Å². The summed E-state index contributed by atoms with van der Waals surface area (Å²) in [5, 5.41) is 14.9. The molecule has 5 nitrogen and oxygen atoms in total. The molecular weight excluding hydrogens is 405 g/mol. The molecule has 0 aliphatic rings. The monoisotopic (exact) mass is 429 g/mol. The molecule has 32 heavy (non-hydrogen) atoms. The lowest BCUT2D eigenvalue weighted by Crippen LogP contribution is -2.50. The average molecular weight is 429 g/mol. The second kappa shape index (κ2) is 11.4. The third-order valence-corrected chi connectivity index (χ3v) is 5.06. The van der Waals surface area contributed by atoms with Gasteiger partial charge in [0.1, 0.15) is 17.9 Å². The standard InChI is InChI=1S/C26H24FN3O2/c27-23-14-8-7-13-22(23)25(31)30-24(17-20-11-5-2-6-12-20)26(32)29-21(18-28)16-15-19-9-3-1-4-10-19/h1-14,21,24H,15-17H2,(H,29,32)(H,30,31)/t21-,24-/m0/s1. The molecule has 0 fully saturated rings. The quantitative estimate of drug-likeness (QED) is 0.543. The van der Waals surface area contributed by atoms with Gasteiger partial charge >= 0.3 is 0 Å². The van der Waals surface area contributed by atoms with E-state index >= 15 is 0 Å². The molecule has 0 saturated heterocycles. The number of hydrogen-bond acceptors (Lipinski definition) is 3. The van der Waals surface area contributed by atoms with Crippen LogP contribution in [0.3, 0.4) is 0 Å². The number of hydrogen-bond donors (Lipinski definition) is 2. The molecular formula is C26H24FN3O2. The number of nitrogens with one attached hydrogen (secondary N) is 2. The van der Waals surface area contributed by atoms with E-state index in [9.17, 15) is 19.2 Å². The van der Waals surface area contributed by atoms with E-state index < -0.39 is 29.7 Å². The highest BCUT2D eigenvalue weighted by Gasteiger charge is 2.25. The molecule has 0 heterocycles. The first-order chi connectivity index (χ1) is 15.6. The second-order valence-corrected chi connectivity index (χ2v) is 7.41. The highest BCUT2D eigenvalue weighted by Crippen LogP contribution is 2.10. The van der Waals surface area contributed by atoms with Crippen molar-refractivity contribution in [2.75, 3.05) is 0 Å². The van der Waals surface area contributed by atoms with Crippen LogP contribution in [0.4, 0.5) is 4.39 Å². The Morgan fingerprint density at radius 3 is 2.06 bits per heavy atom. The second-order valence-electron chi connectivity index (χ2n) is 7.41. The van der Waals surface area contributed by atoms with E-state index in [0.717, 1.165) is 11.1 Å². The van der Waals surface area contributed by atoms with Crippen LogP contribution in [0.1, 0.15) is 27.9 Å². The fraction of sp³-hybridized carbons (Fsp3) is 0.192. The van der Waals surface area contributed by atoms with Crippen LogP contribution in [0, 0.1) is 17.1 Å². The number of halogens is 1. The van der Waals surface area contributed by atoms with Crippen LogP contribution >= 0.6 is 0 Å². The van der Waals surface area contributed by atoms with Crippen molar-refractivity contribution in [3.63, 3.8) is 0 Å². The van der Waals surface area contributed by atoms with Crippen molar-refractivity contribution in [2.24, 2.45) is 0 Å². The summed E-state index contributed by atoms with van der Waals surface area (Å²) in [6.45, 7) is 0. The van der Waals surface area contributed by atoms with Crippen molar-refractivity contribution >= 4 is 11.8 Å². The third-order valence-electron chi connectivity index (χ3n) is 5.06. The van der Waals surface area contributed by atoms with E-state index in [1.54, 1.807) is 6.07 Å². The molecule has 0 bridgehead atoms. The number of benzene rings is 3. The van der Waals surface area contributed by atoms with Crippen LogP contribution in [-0.4, -0.2) is 23.9 Å². The molecule has 0 aliphatic carbocycles. The summed E-state index contributed by atoms with van der Waals surface area (Å²) in [4.78, 5) is 25.6. The predicted molar refractivity (Wildman–Crippen MR) is 120 cm³/mol. The summed E-state index contributed by atoms with van der Waals surface area (Å²) in [6, 6.07) is 24.9. The minimum Gasteiger partial charge on any atom is -0.340 e. The number of carbonyl (C=O) groups excluding carboxylic acids is 2. The Labute approximate surface area is 186 Å². The largest absolute Gasteiger partial charge is 0.340 e. The van der Waals surface area contributed by atoms with Gasteiger partial charge in [0.15, 0.2) is 0 Å². The number of carbonyl (C=O) groups is 2. The molecule has 3 rings (SSSR count). The van der Waals surface area contributed by atoms with Gasteiger partial charge < -0.3 is 10.6 Å². The van der Waals surface area contributed by atoms with E-state index in [-0.39, 0.29) is 12.0 Å². The van der Waals surface area contributed by atoms with Gasteiger partial charge in [0.2, 0.25) is 5.91 Å².